The molecule has 0 amide bonds. The fourth-order valence-corrected chi connectivity index (χ4v) is 5.30. The summed E-state index contributed by atoms with van der Waals surface area (Å²) in [6, 6.07) is 11.7. The number of aliphatic carboxylic acids is 1. The lowest BCUT2D eigenvalue weighted by molar-refractivity contribution is -0.142. The summed E-state index contributed by atoms with van der Waals surface area (Å²) in [6.45, 7) is 5.31. The van der Waals surface area contributed by atoms with Crippen LogP contribution in [0.2, 0.25) is 0 Å². The van der Waals surface area contributed by atoms with Crippen molar-refractivity contribution in [2.24, 2.45) is 11.8 Å². The van der Waals surface area contributed by atoms with E-state index in [1.54, 1.807) is 20.1 Å². The first-order valence-electron chi connectivity index (χ1n) is 9.37. The van der Waals surface area contributed by atoms with Crippen LogP contribution in [0.3, 0.4) is 0 Å². The number of furan rings is 1. The highest BCUT2D eigenvalue weighted by molar-refractivity contribution is 7.89. The largest absolute Gasteiger partial charge is 0.481 e. The monoisotopic (exact) mass is 406 g/mol. The van der Waals surface area contributed by atoms with Crippen LogP contribution in [0.5, 0.6) is 0 Å². The van der Waals surface area contributed by atoms with E-state index in [0.717, 1.165) is 17.0 Å². The minimum atomic E-state index is -3.60. The van der Waals surface area contributed by atoms with Gasteiger partial charge in [0.05, 0.1) is 17.9 Å². The SMILES string of the molecule is CC(C)C(CS(=O)(=O)N1CCN(c2ccc(-c3ccco3)cc2)CC1)C(=O)O. The number of hydrogen-bond acceptors (Lipinski definition) is 5. The van der Waals surface area contributed by atoms with Crippen molar-refractivity contribution in [2.75, 3.05) is 36.8 Å². The second-order valence-electron chi connectivity index (χ2n) is 7.38. The predicted octanol–water partition coefficient (Wildman–Crippen LogP) is 2.76. The molecule has 28 heavy (non-hydrogen) atoms. The second-order valence-corrected chi connectivity index (χ2v) is 9.39. The number of benzene rings is 1. The molecule has 1 saturated heterocycles. The molecule has 1 unspecified atom stereocenters. The van der Waals surface area contributed by atoms with E-state index in [9.17, 15) is 18.3 Å². The van der Waals surface area contributed by atoms with Gasteiger partial charge < -0.3 is 14.4 Å². The van der Waals surface area contributed by atoms with Crippen LogP contribution in [0, 0.1) is 11.8 Å². The number of piperazine rings is 1. The summed E-state index contributed by atoms with van der Waals surface area (Å²) in [7, 11) is -3.60. The highest BCUT2D eigenvalue weighted by atomic mass is 32.2. The molecule has 8 heteroatoms. The third kappa shape index (κ3) is 4.56. The summed E-state index contributed by atoms with van der Waals surface area (Å²) in [4.78, 5) is 13.5. The molecule has 1 aromatic heterocycles. The summed E-state index contributed by atoms with van der Waals surface area (Å²) < 4.78 is 32.1. The minimum absolute atomic E-state index is 0.235. The molecule has 2 aromatic rings. The van der Waals surface area contributed by atoms with E-state index in [0.29, 0.717) is 26.2 Å². The van der Waals surface area contributed by atoms with Gasteiger partial charge >= 0.3 is 5.97 Å². The molecule has 3 rings (SSSR count). The molecule has 0 aliphatic carbocycles. The van der Waals surface area contributed by atoms with E-state index in [2.05, 4.69) is 4.90 Å². The highest BCUT2D eigenvalue weighted by Crippen LogP contribution is 2.25. The summed E-state index contributed by atoms with van der Waals surface area (Å²) in [5.74, 6) is -1.73. The minimum Gasteiger partial charge on any atom is -0.481 e. The number of hydrogen-bond donors (Lipinski definition) is 1. The first-order chi connectivity index (χ1) is 13.3. The molecule has 0 spiro atoms. The average Bonchev–Trinajstić information content (AvgIpc) is 3.21. The van der Waals surface area contributed by atoms with Gasteiger partial charge in [0.15, 0.2) is 0 Å². The molecule has 0 saturated carbocycles. The molecule has 152 valence electrons. The van der Waals surface area contributed by atoms with Crippen molar-refractivity contribution in [3.8, 4) is 11.3 Å². The third-order valence-corrected chi connectivity index (χ3v) is 7.11. The van der Waals surface area contributed by atoms with E-state index < -0.39 is 21.9 Å². The van der Waals surface area contributed by atoms with Crippen LogP contribution in [0.4, 0.5) is 5.69 Å². The maximum Gasteiger partial charge on any atom is 0.307 e. The van der Waals surface area contributed by atoms with Gasteiger partial charge in [0.1, 0.15) is 5.76 Å². The Morgan fingerprint density at radius 3 is 2.25 bits per heavy atom. The van der Waals surface area contributed by atoms with Crippen molar-refractivity contribution >= 4 is 21.7 Å². The van der Waals surface area contributed by atoms with Crippen molar-refractivity contribution in [2.45, 2.75) is 13.8 Å². The number of nitrogens with zero attached hydrogens (tertiary/aromatic N) is 2. The van der Waals surface area contributed by atoms with Gasteiger partial charge in [-0.3, -0.25) is 4.79 Å². The summed E-state index contributed by atoms with van der Waals surface area (Å²) in [6.07, 6.45) is 1.64. The number of carboxylic acids is 1. The van der Waals surface area contributed by atoms with Gasteiger partial charge in [0.2, 0.25) is 10.0 Å². The van der Waals surface area contributed by atoms with Gasteiger partial charge in [-0.15, -0.1) is 0 Å². The molecule has 1 aliphatic rings. The van der Waals surface area contributed by atoms with Gasteiger partial charge in [-0.2, -0.15) is 4.31 Å². The van der Waals surface area contributed by atoms with E-state index in [1.165, 1.54) is 4.31 Å². The number of anilines is 1. The lowest BCUT2D eigenvalue weighted by Crippen LogP contribution is -2.50. The maximum absolute atomic E-state index is 12.7. The van der Waals surface area contributed by atoms with Crippen molar-refractivity contribution in [1.29, 1.82) is 0 Å². The van der Waals surface area contributed by atoms with Crippen molar-refractivity contribution < 1.29 is 22.7 Å². The van der Waals surface area contributed by atoms with E-state index in [-0.39, 0.29) is 11.7 Å². The Labute approximate surface area is 165 Å². The second kappa shape index (κ2) is 8.36. The average molecular weight is 407 g/mol. The van der Waals surface area contributed by atoms with Gasteiger partial charge in [-0.05, 0) is 42.3 Å². The molecular formula is C20H26N2O5S. The zero-order valence-electron chi connectivity index (χ0n) is 16.1. The molecule has 2 heterocycles. The van der Waals surface area contributed by atoms with E-state index >= 15 is 0 Å². The zero-order valence-corrected chi connectivity index (χ0v) is 16.9. The smallest absolute Gasteiger partial charge is 0.307 e. The van der Waals surface area contributed by atoms with Crippen LogP contribution in [0.1, 0.15) is 13.8 Å². The predicted molar refractivity (Wildman–Crippen MR) is 108 cm³/mol. The molecule has 1 atom stereocenters. The fraction of sp³-hybridized carbons (Fsp3) is 0.450. The lowest BCUT2D eigenvalue weighted by atomic mass is 9.98. The molecule has 1 N–H and O–H groups in total. The molecule has 1 aromatic carbocycles. The number of rotatable bonds is 7. The van der Waals surface area contributed by atoms with Gasteiger partial charge in [-0.1, -0.05) is 13.8 Å². The van der Waals surface area contributed by atoms with Crippen LogP contribution in [0.15, 0.2) is 47.1 Å². The normalized spacial score (nSPS) is 17.0. The molecule has 1 fully saturated rings. The van der Waals surface area contributed by atoms with Crippen molar-refractivity contribution in [3.63, 3.8) is 0 Å². The quantitative estimate of drug-likeness (QED) is 0.760. The van der Waals surface area contributed by atoms with E-state index in [4.69, 9.17) is 4.42 Å². The number of carboxylic acid groups (broad SMARTS) is 1. The van der Waals surface area contributed by atoms with Gasteiger partial charge in [0.25, 0.3) is 0 Å². The Morgan fingerprint density at radius 2 is 1.75 bits per heavy atom. The number of sulfonamides is 1. The Balaban J connectivity index is 1.61. The first-order valence-corrected chi connectivity index (χ1v) is 11.0. The van der Waals surface area contributed by atoms with Crippen LogP contribution in [-0.4, -0.2) is 55.7 Å². The van der Waals surface area contributed by atoms with Crippen LogP contribution < -0.4 is 4.90 Å². The van der Waals surface area contributed by atoms with Crippen LogP contribution >= 0.6 is 0 Å². The van der Waals surface area contributed by atoms with E-state index in [1.807, 2.05) is 36.4 Å². The Morgan fingerprint density at radius 1 is 1.11 bits per heavy atom. The van der Waals surface area contributed by atoms with Crippen LogP contribution in [-0.2, 0) is 14.8 Å². The van der Waals surface area contributed by atoms with Crippen molar-refractivity contribution in [1.82, 2.24) is 4.31 Å². The number of carbonyl (C=O) groups is 1. The molecule has 0 radical (unpaired) electrons. The third-order valence-electron chi connectivity index (χ3n) is 5.18. The molecule has 0 bridgehead atoms. The summed E-state index contributed by atoms with van der Waals surface area (Å²) in [5.41, 5.74) is 2.02. The van der Waals surface area contributed by atoms with Crippen LogP contribution in [0.25, 0.3) is 11.3 Å². The molecule has 7 nitrogen and oxygen atoms in total. The summed E-state index contributed by atoms with van der Waals surface area (Å²) >= 11 is 0. The topological polar surface area (TPSA) is 91.1 Å². The van der Waals surface area contributed by atoms with Gasteiger partial charge in [-0.25, -0.2) is 8.42 Å². The fourth-order valence-electron chi connectivity index (χ4n) is 3.39. The van der Waals surface area contributed by atoms with Crippen molar-refractivity contribution in [3.05, 3.63) is 42.7 Å². The maximum atomic E-state index is 12.7. The molecule has 1 aliphatic heterocycles. The first kappa shape index (κ1) is 20.4. The Hall–Kier alpha value is -2.32. The highest BCUT2D eigenvalue weighted by Gasteiger charge is 2.33. The Bertz CT molecular complexity index is 883. The standard InChI is InChI=1S/C20H26N2O5S/c1-15(2)18(20(23)24)14-28(25,26)22-11-9-21(10-12-22)17-7-5-16(6-8-17)19-4-3-13-27-19/h3-8,13,15,18H,9-12,14H2,1-2H3,(H,23,24). The molecular weight excluding hydrogens is 380 g/mol. The zero-order chi connectivity index (χ0) is 20.3. The lowest BCUT2D eigenvalue weighted by Gasteiger charge is -2.36. The summed E-state index contributed by atoms with van der Waals surface area (Å²) in [5, 5.41) is 9.29. The Kier molecular flexibility index (Phi) is 6.10. The van der Waals surface area contributed by atoms with Gasteiger partial charge in [0, 0.05) is 37.4 Å².